The second kappa shape index (κ2) is 18.9. The minimum Gasteiger partial charge on any atom is -0.310 e. The largest absolute Gasteiger partial charge is 0.310 e. The zero-order chi connectivity index (χ0) is 53.5. The maximum absolute atomic E-state index is 2.72. The first-order valence-electron chi connectivity index (χ1n) is 28.0. The average Bonchev–Trinajstić information content (AvgIpc) is 4.04. The first kappa shape index (κ1) is 47.3. The maximum atomic E-state index is 2.72. The fourth-order valence-electron chi connectivity index (χ4n) is 13.1. The molecule has 13 aromatic rings. The van der Waals surface area contributed by atoms with Gasteiger partial charge < -0.3 is 14.4 Å². The summed E-state index contributed by atoms with van der Waals surface area (Å²) in [7, 11) is 0. The van der Waals surface area contributed by atoms with Crippen LogP contribution in [0.2, 0.25) is 0 Å². The monoisotopic (exact) mass is 1020 g/mol. The molecule has 0 amide bonds. The van der Waals surface area contributed by atoms with Crippen LogP contribution < -0.4 is 26.2 Å². The summed E-state index contributed by atoms with van der Waals surface area (Å²) in [6, 6.07) is 106. The average molecular weight is 1020 g/mol. The van der Waals surface area contributed by atoms with Crippen LogP contribution in [0.1, 0.15) is 26.3 Å². The molecule has 0 N–H and O–H groups in total. The molecule has 0 unspecified atom stereocenters. The Labute approximate surface area is 469 Å². The van der Waals surface area contributed by atoms with Crippen LogP contribution in [-0.2, 0) is 5.41 Å². The van der Waals surface area contributed by atoms with E-state index in [9.17, 15) is 0 Å². The molecule has 378 valence electrons. The van der Waals surface area contributed by atoms with Crippen molar-refractivity contribution in [3.63, 3.8) is 0 Å². The molecule has 0 spiro atoms. The van der Waals surface area contributed by atoms with E-state index in [0.29, 0.717) is 0 Å². The van der Waals surface area contributed by atoms with Gasteiger partial charge in [0.25, 0.3) is 6.71 Å². The second-order valence-electron chi connectivity index (χ2n) is 22.4. The van der Waals surface area contributed by atoms with Gasteiger partial charge in [-0.25, -0.2) is 0 Å². The van der Waals surface area contributed by atoms with Crippen molar-refractivity contribution in [1.82, 2.24) is 4.57 Å². The summed E-state index contributed by atoms with van der Waals surface area (Å²) in [5, 5.41) is 2.44. The fraction of sp³-hybridized carbons (Fsp3) is 0.0526. The maximum Gasteiger partial charge on any atom is 0.252 e. The number of aromatic nitrogens is 1. The van der Waals surface area contributed by atoms with Crippen LogP contribution in [0.15, 0.2) is 285 Å². The lowest BCUT2D eigenvalue weighted by atomic mass is 9.33. The van der Waals surface area contributed by atoms with Crippen LogP contribution in [-0.4, -0.2) is 11.3 Å². The van der Waals surface area contributed by atoms with Gasteiger partial charge in [-0.1, -0.05) is 263 Å². The number of fused-ring (bicyclic) bond motifs is 8. The highest BCUT2D eigenvalue weighted by molar-refractivity contribution is 7.00. The lowest BCUT2D eigenvalue weighted by Crippen LogP contribution is -2.61. The van der Waals surface area contributed by atoms with Crippen molar-refractivity contribution >= 4 is 79.0 Å². The molecule has 0 radical (unpaired) electrons. The van der Waals surface area contributed by atoms with Gasteiger partial charge in [-0.15, -0.1) is 0 Å². The van der Waals surface area contributed by atoms with E-state index in [2.05, 4.69) is 320 Å². The second-order valence-corrected chi connectivity index (χ2v) is 22.4. The number of hydrogen-bond acceptors (Lipinski definition) is 2. The highest BCUT2D eigenvalue weighted by Gasteiger charge is 2.47. The molecule has 2 aliphatic rings. The molecular weight excluding hydrogens is 966 g/mol. The third kappa shape index (κ3) is 7.58. The summed E-state index contributed by atoms with van der Waals surface area (Å²) >= 11 is 0. The molecule has 3 heterocycles. The van der Waals surface area contributed by atoms with E-state index in [1.54, 1.807) is 0 Å². The van der Waals surface area contributed by atoms with Gasteiger partial charge in [0.1, 0.15) is 0 Å². The van der Waals surface area contributed by atoms with Gasteiger partial charge >= 0.3 is 0 Å². The van der Waals surface area contributed by atoms with Crippen molar-refractivity contribution in [2.24, 2.45) is 0 Å². The molecular formula is C76H56BN3. The molecule has 80 heavy (non-hydrogen) atoms. The van der Waals surface area contributed by atoms with E-state index in [-0.39, 0.29) is 12.1 Å². The van der Waals surface area contributed by atoms with E-state index in [4.69, 9.17) is 0 Å². The molecule has 0 aliphatic carbocycles. The molecule has 0 bridgehead atoms. The normalized spacial score (nSPS) is 12.6. The summed E-state index contributed by atoms with van der Waals surface area (Å²) in [5.41, 5.74) is 26.9. The topological polar surface area (TPSA) is 11.4 Å². The van der Waals surface area contributed by atoms with Crippen molar-refractivity contribution in [3.05, 3.63) is 291 Å². The third-order valence-corrected chi connectivity index (χ3v) is 16.7. The van der Waals surface area contributed by atoms with Gasteiger partial charge in [0.05, 0.1) is 28.1 Å². The predicted molar refractivity (Wildman–Crippen MR) is 341 cm³/mol. The van der Waals surface area contributed by atoms with E-state index >= 15 is 0 Å². The number of benzene rings is 12. The van der Waals surface area contributed by atoms with E-state index in [1.165, 1.54) is 83.2 Å². The molecule has 15 rings (SSSR count). The zero-order valence-electron chi connectivity index (χ0n) is 45.1. The molecule has 2 aliphatic heterocycles. The van der Waals surface area contributed by atoms with Crippen molar-refractivity contribution < 1.29 is 0 Å². The molecule has 0 fully saturated rings. The standard InChI is InChI=1S/C76H56BN3/c1-76(2,3)57-49-69-72-70(50-57)80(74-61(54-32-16-7-17-33-54)41-25-42-62(74)55-34-18-8-19-35-55)75-65(46-47-67-71(75)63-38-22-23-43-66(63)78(67)58-36-20-9-21-37-58)77(72)64-45-44-56(51-26-10-4-11-27-51)48-68(64)79(69)73-59(52-28-12-5-13-29-52)39-24-40-60(73)53-30-14-6-15-31-53/h4-50H,1-3H3. The fourth-order valence-corrected chi connectivity index (χ4v) is 13.1. The number of rotatable bonds is 8. The molecule has 1 aromatic heterocycles. The Morgan fingerprint density at radius 3 is 1.26 bits per heavy atom. The van der Waals surface area contributed by atoms with Gasteiger partial charge in [-0.3, -0.25) is 0 Å². The Kier molecular flexibility index (Phi) is 11.2. The Balaban J connectivity index is 1.16. The minimum atomic E-state index is -0.261. The van der Waals surface area contributed by atoms with Crippen molar-refractivity contribution in [2.45, 2.75) is 26.2 Å². The smallest absolute Gasteiger partial charge is 0.252 e. The predicted octanol–water partition coefficient (Wildman–Crippen LogP) is 18.5. The molecule has 0 saturated carbocycles. The van der Waals surface area contributed by atoms with Gasteiger partial charge in [-0.05, 0) is 103 Å². The lowest BCUT2D eigenvalue weighted by Gasteiger charge is -2.46. The van der Waals surface area contributed by atoms with Crippen LogP contribution in [0.25, 0.3) is 83.1 Å². The molecule has 4 heteroatoms. The van der Waals surface area contributed by atoms with Crippen LogP contribution in [0.5, 0.6) is 0 Å². The SMILES string of the molecule is CC(C)(C)c1cc2c3c(c1)N(c1c(-c4ccccc4)cccc1-c1ccccc1)c1c(ccc4c1c1ccccc1n4-c1ccccc1)B3c1ccc(-c3ccccc3)cc1N2c1c(-c2ccccc2)cccc1-c1ccccc1. The Morgan fingerprint density at radius 2 is 0.750 bits per heavy atom. The number of para-hydroxylation sites is 4. The molecule has 12 aromatic carbocycles. The first-order valence-corrected chi connectivity index (χ1v) is 28.0. The first-order chi connectivity index (χ1) is 39.4. The molecule has 0 atom stereocenters. The van der Waals surface area contributed by atoms with Crippen LogP contribution >= 0.6 is 0 Å². The Morgan fingerprint density at radius 1 is 0.312 bits per heavy atom. The number of anilines is 6. The Bertz CT molecular complexity index is 4370. The quantitative estimate of drug-likeness (QED) is 0.141. The van der Waals surface area contributed by atoms with E-state index < -0.39 is 0 Å². The van der Waals surface area contributed by atoms with Gasteiger partial charge in [0.2, 0.25) is 0 Å². The summed E-state index contributed by atoms with van der Waals surface area (Å²) in [6.45, 7) is 6.97. The lowest BCUT2D eigenvalue weighted by molar-refractivity contribution is 0.590. The highest BCUT2D eigenvalue weighted by atomic mass is 15.2. The minimum absolute atomic E-state index is 0.160. The summed E-state index contributed by atoms with van der Waals surface area (Å²) in [4.78, 5) is 5.39. The van der Waals surface area contributed by atoms with Crippen molar-refractivity contribution in [1.29, 1.82) is 0 Å². The van der Waals surface area contributed by atoms with E-state index in [0.717, 1.165) is 56.0 Å². The molecule has 3 nitrogen and oxygen atoms in total. The zero-order valence-corrected chi connectivity index (χ0v) is 45.1. The van der Waals surface area contributed by atoms with Gasteiger partial charge in [0, 0.05) is 55.8 Å². The number of hydrogen-bond donors (Lipinski definition) is 0. The van der Waals surface area contributed by atoms with Crippen LogP contribution in [0.4, 0.5) is 34.1 Å². The van der Waals surface area contributed by atoms with Gasteiger partial charge in [0.15, 0.2) is 0 Å². The summed E-state index contributed by atoms with van der Waals surface area (Å²) < 4.78 is 2.48. The number of nitrogens with zero attached hydrogens (tertiary/aromatic N) is 3. The Hall–Kier alpha value is -9.90. The van der Waals surface area contributed by atoms with Crippen molar-refractivity contribution in [3.8, 4) is 61.3 Å². The van der Waals surface area contributed by atoms with E-state index in [1.807, 2.05) is 0 Å². The summed E-state index contributed by atoms with van der Waals surface area (Å²) in [6.07, 6.45) is 0. The summed E-state index contributed by atoms with van der Waals surface area (Å²) in [5.74, 6) is 0. The highest BCUT2D eigenvalue weighted by Crippen LogP contribution is 2.55. The van der Waals surface area contributed by atoms with Crippen LogP contribution in [0.3, 0.4) is 0 Å². The van der Waals surface area contributed by atoms with Gasteiger partial charge in [-0.2, -0.15) is 0 Å². The van der Waals surface area contributed by atoms with Crippen molar-refractivity contribution in [2.75, 3.05) is 9.80 Å². The van der Waals surface area contributed by atoms with Crippen LogP contribution in [0, 0.1) is 0 Å². The molecule has 0 saturated heterocycles. The third-order valence-electron chi connectivity index (χ3n) is 16.7.